The number of rotatable bonds is 12. The number of carbonyl (C=O) groups excluding carboxylic acids is 3. The van der Waals surface area contributed by atoms with E-state index >= 15 is 0 Å². The van der Waals surface area contributed by atoms with Crippen LogP contribution < -0.4 is 14.8 Å². The van der Waals surface area contributed by atoms with Crippen molar-refractivity contribution in [3.8, 4) is 11.5 Å². The fourth-order valence-electron chi connectivity index (χ4n) is 5.39. The molecule has 0 bridgehead atoms. The van der Waals surface area contributed by atoms with Gasteiger partial charge in [0.1, 0.15) is 18.0 Å². The predicted octanol–water partition coefficient (Wildman–Crippen LogP) is 1.60. The molecule has 2 amide bonds. The Morgan fingerprint density at radius 3 is 2.48 bits per heavy atom. The van der Waals surface area contributed by atoms with Crippen molar-refractivity contribution < 1.29 is 39.2 Å². The number of ether oxygens (including phenoxy) is 2. The van der Waals surface area contributed by atoms with Crippen molar-refractivity contribution in [2.24, 2.45) is 0 Å². The molecule has 4 atom stereocenters. The number of benzene rings is 2. The molecule has 0 fully saturated rings. The fraction of sp³-hybridized carbons (Fsp3) is 0.433. The first kappa shape index (κ1) is 29.3. The number of nitrogens with zero attached hydrogens (tertiary/aromatic N) is 1. The molecule has 1 heterocycles. The van der Waals surface area contributed by atoms with Crippen molar-refractivity contribution in [1.82, 2.24) is 10.2 Å². The first-order valence-corrected chi connectivity index (χ1v) is 13.4. The minimum atomic E-state index is -1.21. The van der Waals surface area contributed by atoms with Crippen LogP contribution in [0.2, 0.25) is 0 Å². The van der Waals surface area contributed by atoms with E-state index in [1.165, 1.54) is 18.9 Å². The van der Waals surface area contributed by atoms with Gasteiger partial charge in [0.2, 0.25) is 11.8 Å². The number of ketones is 1. The van der Waals surface area contributed by atoms with Gasteiger partial charge in [-0.25, -0.2) is 0 Å². The van der Waals surface area contributed by atoms with Crippen LogP contribution in [0.1, 0.15) is 48.8 Å². The lowest BCUT2D eigenvalue weighted by Crippen LogP contribution is -2.55. The van der Waals surface area contributed by atoms with E-state index in [0.29, 0.717) is 29.0 Å². The lowest BCUT2D eigenvalue weighted by atomic mass is 9.77. The van der Waals surface area contributed by atoms with Crippen molar-refractivity contribution in [3.05, 3.63) is 70.8 Å². The van der Waals surface area contributed by atoms with Gasteiger partial charge in [-0.1, -0.05) is 30.3 Å². The summed E-state index contributed by atoms with van der Waals surface area (Å²) in [6.07, 6.45) is 0.184. The molecule has 1 aliphatic carbocycles. The summed E-state index contributed by atoms with van der Waals surface area (Å²) in [5.74, 6) is -0.733. The second-order valence-electron chi connectivity index (χ2n) is 10.1. The average Bonchev–Trinajstić information content (AvgIpc) is 3.35. The zero-order valence-electron chi connectivity index (χ0n) is 22.7. The number of carbonyl (C=O) groups is 3. The summed E-state index contributed by atoms with van der Waals surface area (Å²) >= 11 is 0. The Bertz CT molecular complexity index is 1260. The number of hydrogen-bond acceptors (Lipinski definition) is 8. The van der Waals surface area contributed by atoms with Crippen LogP contribution in [0.15, 0.2) is 54.1 Å². The number of Topliss-reactive ketones (excluding diaryl/α,β-unsaturated/α-hetero) is 1. The van der Waals surface area contributed by atoms with E-state index in [4.69, 9.17) is 9.47 Å². The van der Waals surface area contributed by atoms with Crippen molar-refractivity contribution in [3.63, 3.8) is 0 Å². The Morgan fingerprint density at radius 2 is 1.82 bits per heavy atom. The summed E-state index contributed by atoms with van der Waals surface area (Å²) in [7, 11) is 1.47. The number of fused-ring (bicyclic) bond motifs is 3. The molecule has 4 rings (SSSR count). The van der Waals surface area contributed by atoms with E-state index in [0.717, 1.165) is 5.56 Å². The minimum Gasteiger partial charge on any atom is -0.493 e. The Hall–Kier alpha value is -3.73. The third kappa shape index (κ3) is 6.19. The number of hydrogen-bond donors (Lipinski definition) is 4. The first-order valence-electron chi connectivity index (χ1n) is 13.4. The summed E-state index contributed by atoms with van der Waals surface area (Å²) < 4.78 is 11.7. The van der Waals surface area contributed by atoms with Gasteiger partial charge >= 0.3 is 0 Å². The van der Waals surface area contributed by atoms with Crippen LogP contribution in [0.5, 0.6) is 11.5 Å². The molecule has 4 N–H and O–H groups in total. The van der Waals surface area contributed by atoms with Gasteiger partial charge in [0, 0.05) is 37.1 Å². The second-order valence-corrected chi connectivity index (χ2v) is 10.1. The summed E-state index contributed by atoms with van der Waals surface area (Å²) in [6.45, 7) is 1.14. The zero-order valence-corrected chi connectivity index (χ0v) is 22.7. The van der Waals surface area contributed by atoms with Crippen molar-refractivity contribution >= 4 is 17.6 Å². The number of nitrogens with one attached hydrogen (secondary N) is 1. The van der Waals surface area contributed by atoms with E-state index in [-0.39, 0.29) is 56.4 Å². The molecule has 214 valence electrons. The molecule has 40 heavy (non-hydrogen) atoms. The summed E-state index contributed by atoms with van der Waals surface area (Å²) in [5.41, 5.74) is 2.25. The highest BCUT2D eigenvalue weighted by Gasteiger charge is 2.51. The van der Waals surface area contributed by atoms with Crippen molar-refractivity contribution in [1.29, 1.82) is 0 Å². The molecule has 1 aliphatic heterocycles. The Kier molecular flexibility index (Phi) is 9.57. The SMILES string of the molecule is COc1cc(CO)cc2c1OC1C2C(C(=O)NCCO)=CC(N(Cc2ccccc2)C(=O)CCCC(C)=O)C1O. The largest absolute Gasteiger partial charge is 0.493 e. The summed E-state index contributed by atoms with van der Waals surface area (Å²) in [4.78, 5) is 40.0. The molecule has 10 nitrogen and oxygen atoms in total. The number of aliphatic hydroxyl groups excluding tert-OH is 3. The van der Waals surface area contributed by atoms with Crippen LogP contribution in [0.4, 0.5) is 0 Å². The predicted molar refractivity (Wildman–Crippen MR) is 146 cm³/mol. The van der Waals surface area contributed by atoms with Gasteiger partial charge in [-0.3, -0.25) is 9.59 Å². The maximum atomic E-state index is 13.6. The third-order valence-electron chi connectivity index (χ3n) is 7.29. The smallest absolute Gasteiger partial charge is 0.247 e. The second kappa shape index (κ2) is 13.1. The van der Waals surface area contributed by atoms with Gasteiger partial charge < -0.3 is 39.8 Å². The zero-order chi connectivity index (χ0) is 28.8. The average molecular weight is 553 g/mol. The van der Waals surface area contributed by atoms with Crippen LogP contribution in [0, 0.1) is 0 Å². The minimum absolute atomic E-state index is 0.0148. The van der Waals surface area contributed by atoms with Crippen LogP contribution >= 0.6 is 0 Å². The van der Waals surface area contributed by atoms with Gasteiger partial charge in [-0.05, 0) is 42.7 Å². The summed E-state index contributed by atoms with van der Waals surface area (Å²) in [5, 5.41) is 33.5. The molecule has 0 radical (unpaired) electrons. The van der Waals surface area contributed by atoms with Crippen LogP contribution in [-0.2, 0) is 27.5 Å². The molecule has 10 heteroatoms. The van der Waals surface area contributed by atoms with Crippen LogP contribution in [0.3, 0.4) is 0 Å². The monoisotopic (exact) mass is 552 g/mol. The lowest BCUT2D eigenvalue weighted by molar-refractivity contribution is -0.138. The number of amides is 2. The standard InChI is InChI=1S/C30H36N2O8/c1-18(35)7-6-10-25(36)32(16-19-8-4-3-5-9-19)23-15-22(30(38)31-11-12-33)26-21-13-20(17-34)14-24(39-2)28(21)40-29(26)27(23)37/h3-5,8-9,13-15,23,26-27,29,33-34,37H,6-7,10-12,16-17H2,1-2H3,(H,31,38). The van der Waals surface area contributed by atoms with Gasteiger partial charge in [-0.2, -0.15) is 0 Å². The quantitative estimate of drug-likeness (QED) is 0.311. The topological polar surface area (TPSA) is 146 Å². The van der Waals surface area contributed by atoms with E-state index < -0.39 is 30.1 Å². The van der Waals surface area contributed by atoms with Gasteiger partial charge in [0.05, 0.1) is 32.3 Å². The van der Waals surface area contributed by atoms with Crippen molar-refractivity contribution in [2.75, 3.05) is 20.3 Å². The Morgan fingerprint density at radius 1 is 1.07 bits per heavy atom. The molecule has 2 aromatic carbocycles. The number of methoxy groups -OCH3 is 1. The highest BCUT2D eigenvalue weighted by Crippen LogP contribution is 2.51. The maximum absolute atomic E-state index is 13.6. The van der Waals surface area contributed by atoms with Crippen molar-refractivity contribution in [2.45, 2.75) is 63.5 Å². The normalized spacial score (nSPS) is 21.0. The Labute approximate surface area is 233 Å². The van der Waals surface area contributed by atoms with E-state index in [9.17, 15) is 29.7 Å². The first-order chi connectivity index (χ1) is 19.3. The lowest BCUT2D eigenvalue weighted by Gasteiger charge is -2.41. The van der Waals surface area contributed by atoms with E-state index in [1.807, 2.05) is 30.3 Å². The molecule has 2 aliphatic rings. The van der Waals surface area contributed by atoms with Crippen LogP contribution in [-0.4, -0.2) is 76.3 Å². The van der Waals surface area contributed by atoms with Gasteiger partial charge in [0.25, 0.3) is 0 Å². The summed E-state index contributed by atoms with van der Waals surface area (Å²) in [6, 6.07) is 11.7. The highest BCUT2D eigenvalue weighted by molar-refractivity contribution is 5.96. The molecular formula is C30H36N2O8. The molecule has 2 aromatic rings. The van der Waals surface area contributed by atoms with E-state index in [1.54, 1.807) is 18.2 Å². The fourth-order valence-corrected chi connectivity index (χ4v) is 5.39. The molecule has 0 saturated carbocycles. The molecule has 0 aromatic heterocycles. The van der Waals surface area contributed by atoms with Gasteiger partial charge in [0.15, 0.2) is 11.5 Å². The number of aliphatic hydroxyl groups is 3. The third-order valence-corrected chi connectivity index (χ3v) is 7.29. The molecule has 0 saturated heterocycles. The van der Waals surface area contributed by atoms with E-state index in [2.05, 4.69) is 5.32 Å². The molecular weight excluding hydrogens is 516 g/mol. The van der Waals surface area contributed by atoms with Crippen LogP contribution in [0.25, 0.3) is 0 Å². The highest BCUT2D eigenvalue weighted by atomic mass is 16.5. The maximum Gasteiger partial charge on any atom is 0.247 e. The van der Waals surface area contributed by atoms with Gasteiger partial charge in [-0.15, -0.1) is 0 Å². The molecule has 4 unspecified atom stereocenters. The molecule has 0 spiro atoms. The Balaban J connectivity index is 1.78.